The van der Waals surface area contributed by atoms with Crippen LogP contribution in [-0.4, -0.2) is 40.1 Å². The molecule has 1 heterocycles. The average molecular weight is 400 g/mol. The maximum absolute atomic E-state index is 12.5. The molecule has 0 aliphatic carbocycles. The van der Waals surface area contributed by atoms with Crippen LogP contribution in [0, 0.1) is 0 Å². The molecule has 0 atom stereocenters. The Morgan fingerprint density at radius 1 is 1.07 bits per heavy atom. The molecule has 28 heavy (non-hydrogen) atoms. The van der Waals surface area contributed by atoms with Gasteiger partial charge in [0, 0.05) is 16.8 Å². The van der Waals surface area contributed by atoms with Gasteiger partial charge in [0.2, 0.25) is 10.0 Å². The van der Waals surface area contributed by atoms with E-state index in [1.54, 1.807) is 57.2 Å². The van der Waals surface area contributed by atoms with Gasteiger partial charge in [-0.1, -0.05) is 6.07 Å². The van der Waals surface area contributed by atoms with Crippen molar-refractivity contribution in [2.75, 3.05) is 5.32 Å². The second-order valence-electron chi connectivity index (χ2n) is 7.14. The maximum Gasteiger partial charge on any atom is 0.255 e. The molecule has 3 aromatic rings. The van der Waals surface area contributed by atoms with Crippen molar-refractivity contribution in [3.05, 3.63) is 60.4 Å². The van der Waals surface area contributed by atoms with Crippen LogP contribution >= 0.6 is 0 Å². The monoisotopic (exact) mass is 400 g/mol. The van der Waals surface area contributed by atoms with Crippen molar-refractivity contribution < 1.29 is 13.2 Å². The van der Waals surface area contributed by atoms with Crippen LogP contribution in [0.1, 0.15) is 31.1 Å². The molecule has 2 N–H and O–H groups in total. The molecule has 0 fully saturated rings. The summed E-state index contributed by atoms with van der Waals surface area (Å²) >= 11 is 0. The molecule has 1 aromatic heterocycles. The van der Waals surface area contributed by atoms with Crippen LogP contribution in [0.15, 0.2) is 59.8 Å². The predicted molar refractivity (Wildman–Crippen MR) is 104 cm³/mol. The second-order valence-corrected chi connectivity index (χ2v) is 8.82. The third-order valence-electron chi connectivity index (χ3n) is 3.59. The van der Waals surface area contributed by atoms with Gasteiger partial charge in [-0.05, 0) is 73.7 Å². The van der Waals surface area contributed by atoms with E-state index in [9.17, 15) is 13.2 Å². The number of hydrogen-bond acceptors (Lipinski definition) is 6. The van der Waals surface area contributed by atoms with Gasteiger partial charge >= 0.3 is 0 Å². The van der Waals surface area contributed by atoms with Crippen LogP contribution in [0.25, 0.3) is 5.69 Å². The first-order chi connectivity index (χ1) is 13.1. The number of carbonyl (C=O) groups is 1. The molecular formula is C18H20N6O3S. The van der Waals surface area contributed by atoms with Crippen molar-refractivity contribution >= 4 is 21.6 Å². The number of nitrogens with one attached hydrogen (secondary N) is 2. The van der Waals surface area contributed by atoms with Gasteiger partial charge < -0.3 is 5.32 Å². The number of benzene rings is 2. The Hall–Kier alpha value is -3.11. The Labute approximate surface area is 162 Å². The molecule has 0 spiro atoms. The fourth-order valence-electron chi connectivity index (χ4n) is 2.45. The molecule has 3 rings (SSSR count). The molecule has 0 unspecified atom stereocenters. The normalized spacial score (nSPS) is 12.0. The van der Waals surface area contributed by atoms with Crippen molar-refractivity contribution in [1.82, 2.24) is 24.9 Å². The minimum Gasteiger partial charge on any atom is -0.322 e. The van der Waals surface area contributed by atoms with E-state index in [1.807, 2.05) is 0 Å². The number of aromatic nitrogens is 4. The highest BCUT2D eigenvalue weighted by molar-refractivity contribution is 7.89. The van der Waals surface area contributed by atoms with E-state index in [0.717, 1.165) is 0 Å². The Morgan fingerprint density at radius 3 is 2.39 bits per heavy atom. The van der Waals surface area contributed by atoms with E-state index >= 15 is 0 Å². The first-order valence-corrected chi connectivity index (χ1v) is 9.91. The highest BCUT2D eigenvalue weighted by Gasteiger charge is 2.22. The third kappa shape index (κ3) is 4.78. The minimum absolute atomic E-state index is 0.0780. The van der Waals surface area contributed by atoms with Crippen LogP contribution in [-0.2, 0) is 10.0 Å². The van der Waals surface area contributed by atoms with E-state index in [4.69, 9.17) is 0 Å². The highest BCUT2D eigenvalue weighted by atomic mass is 32.2. The van der Waals surface area contributed by atoms with Gasteiger partial charge in [-0.15, -0.1) is 5.10 Å². The lowest BCUT2D eigenvalue weighted by molar-refractivity contribution is 0.102. The summed E-state index contributed by atoms with van der Waals surface area (Å²) in [7, 11) is -3.69. The number of sulfonamides is 1. The molecule has 9 nitrogen and oxygen atoms in total. The van der Waals surface area contributed by atoms with Gasteiger partial charge in [-0.2, -0.15) is 0 Å². The molecule has 146 valence electrons. The van der Waals surface area contributed by atoms with Gasteiger partial charge in [0.05, 0.1) is 10.6 Å². The molecule has 0 saturated carbocycles. The van der Waals surface area contributed by atoms with Gasteiger partial charge in [-0.3, -0.25) is 4.79 Å². The molecular weight excluding hydrogens is 380 g/mol. The summed E-state index contributed by atoms with van der Waals surface area (Å²) in [5.41, 5.74) is 0.895. The van der Waals surface area contributed by atoms with Crippen molar-refractivity contribution in [1.29, 1.82) is 0 Å². The predicted octanol–water partition coefficient (Wildman–Crippen LogP) is 1.99. The lowest BCUT2D eigenvalue weighted by Crippen LogP contribution is -2.40. The third-order valence-corrected chi connectivity index (χ3v) is 5.34. The smallest absolute Gasteiger partial charge is 0.255 e. The Balaban J connectivity index is 1.76. The van der Waals surface area contributed by atoms with Crippen LogP contribution in [0.3, 0.4) is 0 Å². The quantitative estimate of drug-likeness (QED) is 0.676. The van der Waals surface area contributed by atoms with Crippen molar-refractivity contribution in [3.63, 3.8) is 0 Å². The SMILES string of the molecule is CC(C)(C)NS(=O)(=O)c1cccc(NC(=O)c2ccc(-n3cnnn3)cc2)c1. The number of hydrogen-bond donors (Lipinski definition) is 2. The zero-order chi connectivity index (χ0) is 20.4. The Bertz CT molecular complexity index is 1070. The summed E-state index contributed by atoms with van der Waals surface area (Å²) in [4.78, 5) is 12.6. The standard InChI is InChI=1S/C18H20N6O3S/c1-18(2,3)21-28(26,27)16-6-4-5-14(11-16)20-17(25)13-7-9-15(10-8-13)24-12-19-22-23-24/h4-12,21H,1-3H3,(H,20,25). The number of amides is 1. The Morgan fingerprint density at radius 2 is 1.79 bits per heavy atom. The van der Waals surface area contributed by atoms with Crippen molar-refractivity contribution in [2.24, 2.45) is 0 Å². The van der Waals surface area contributed by atoms with E-state index in [0.29, 0.717) is 16.9 Å². The van der Waals surface area contributed by atoms with Crippen LogP contribution < -0.4 is 10.0 Å². The summed E-state index contributed by atoms with van der Waals surface area (Å²) in [6.45, 7) is 5.28. The fraction of sp³-hybridized carbons (Fsp3) is 0.222. The summed E-state index contributed by atoms with van der Waals surface area (Å²) in [6.07, 6.45) is 1.45. The van der Waals surface area contributed by atoms with E-state index in [1.165, 1.54) is 23.1 Å². The zero-order valence-electron chi connectivity index (χ0n) is 15.6. The van der Waals surface area contributed by atoms with E-state index < -0.39 is 15.6 Å². The summed E-state index contributed by atoms with van der Waals surface area (Å²) < 4.78 is 29.0. The number of tetrazole rings is 1. The average Bonchev–Trinajstić information content (AvgIpc) is 3.15. The topological polar surface area (TPSA) is 119 Å². The lowest BCUT2D eigenvalue weighted by atomic mass is 10.1. The maximum atomic E-state index is 12.5. The van der Waals surface area contributed by atoms with Crippen molar-refractivity contribution in [3.8, 4) is 5.69 Å². The zero-order valence-corrected chi connectivity index (χ0v) is 16.4. The van der Waals surface area contributed by atoms with E-state index in [-0.39, 0.29) is 10.8 Å². The highest BCUT2D eigenvalue weighted by Crippen LogP contribution is 2.18. The Kier molecular flexibility index (Phi) is 5.25. The first kappa shape index (κ1) is 19.6. The molecule has 0 saturated heterocycles. The largest absolute Gasteiger partial charge is 0.322 e. The lowest BCUT2D eigenvalue weighted by Gasteiger charge is -2.20. The van der Waals surface area contributed by atoms with Crippen molar-refractivity contribution in [2.45, 2.75) is 31.2 Å². The van der Waals surface area contributed by atoms with Crippen LogP contribution in [0.5, 0.6) is 0 Å². The molecule has 0 bridgehead atoms. The second kappa shape index (κ2) is 7.49. The summed E-state index contributed by atoms with van der Waals surface area (Å²) in [5.74, 6) is -0.360. The number of anilines is 1. The van der Waals surface area contributed by atoms with Gasteiger partial charge in [0.1, 0.15) is 6.33 Å². The molecule has 0 radical (unpaired) electrons. The van der Waals surface area contributed by atoms with Crippen LogP contribution in [0.4, 0.5) is 5.69 Å². The molecule has 2 aromatic carbocycles. The van der Waals surface area contributed by atoms with Crippen LogP contribution in [0.2, 0.25) is 0 Å². The fourth-order valence-corrected chi connectivity index (χ4v) is 3.92. The summed E-state index contributed by atoms with van der Waals surface area (Å²) in [5, 5.41) is 13.6. The first-order valence-electron chi connectivity index (χ1n) is 8.43. The molecule has 1 amide bonds. The van der Waals surface area contributed by atoms with Gasteiger partial charge in [-0.25, -0.2) is 17.8 Å². The number of nitrogens with zero attached hydrogens (tertiary/aromatic N) is 4. The molecule has 0 aliphatic heterocycles. The number of carbonyl (C=O) groups excluding carboxylic acids is 1. The number of rotatable bonds is 5. The molecule has 10 heteroatoms. The minimum atomic E-state index is -3.69. The molecule has 0 aliphatic rings. The summed E-state index contributed by atoms with van der Waals surface area (Å²) in [6, 6.07) is 12.8. The van der Waals surface area contributed by atoms with Gasteiger partial charge in [0.25, 0.3) is 5.91 Å². The van der Waals surface area contributed by atoms with Gasteiger partial charge in [0.15, 0.2) is 0 Å². The van der Waals surface area contributed by atoms with E-state index in [2.05, 4.69) is 25.6 Å².